The molecule has 0 radical (unpaired) electrons. The fourth-order valence-corrected chi connectivity index (χ4v) is 4.92. The first kappa shape index (κ1) is 22.6. The predicted octanol–water partition coefficient (Wildman–Crippen LogP) is 4.79. The lowest BCUT2D eigenvalue weighted by Gasteiger charge is -2.40. The molecule has 0 bridgehead atoms. The molecule has 1 aliphatic heterocycles. The van der Waals surface area contributed by atoms with E-state index < -0.39 is 0 Å². The predicted molar refractivity (Wildman–Crippen MR) is 126 cm³/mol. The van der Waals surface area contributed by atoms with Gasteiger partial charge in [0.25, 0.3) is 0 Å². The van der Waals surface area contributed by atoms with Crippen LogP contribution in [0.15, 0.2) is 54.6 Å². The van der Waals surface area contributed by atoms with Gasteiger partial charge in [-0.15, -0.1) is 0 Å². The summed E-state index contributed by atoms with van der Waals surface area (Å²) in [4.78, 5) is 29.8. The molecule has 0 aromatic heterocycles. The minimum Gasteiger partial charge on any atom is -0.445 e. The highest BCUT2D eigenvalue weighted by atomic mass is 35.5. The topological polar surface area (TPSA) is 61.9 Å². The molecule has 1 atom stereocenters. The van der Waals surface area contributed by atoms with Gasteiger partial charge in [0.15, 0.2) is 0 Å². The molecule has 2 fully saturated rings. The fourth-order valence-electron chi connectivity index (χ4n) is 4.73. The molecule has 1 N–H and O–H groups in total. The lowest BCUT2D eigenvalue weighted by atomic mass is 9.95. The van der Waals surface area contributed by atoms with Crippen molar-refractivity contribution < 1.29 is 14.3 Å². The summed E-state index contributed by atoms with van der Waals surface area (Å²) in [5.41, 5.74) is 1.69. The van der Waals surface area contributed by atoms with Gasteiger partial charge in [0, 0.05) is 36.9 Å². The van der Waals surface area contributed by atoms with Crippen LogP contribution in [0.4, 0.5) is 10.5 Å². The van der Waals surface area contributed by atoms with Gasteiger partial charge in [0.2, 0.25) is 5.91 Å². The molecule has 7 heteroatoms. The summed E-state index contributed by atoms with van der Waals surface area (Å²) in [6.45, 7) is 2.70. The molecule has 0 spiro atoms. The Morgan fingerprint density at radius 3 is 2.41 bits per heavy atom. The van der Waals surface area contributed by atoms with E-state index in [-0.39, 0.29) is 24.6 Å². The molecule has 1 unspecified atom stereocenters. The highest BCUT2D eigenvalue weighted by Gasteiger charge is 2.37. The molecule has 4 rings (SSSR count). The number of halogens is 1. The average molecular weight is 456 g/mol. The summed E-state index contributed by atoms with van der Waals surface area (Å²) in [7, 11) is 0. The first-order chi connectivity index (χ1) is 15.6. The maximum absolute atomic E-state index is 13.3. The first-order valence-corrected chi connectivity index (χ1v) is 11.7. The van der Waals surface area contributed by atoms with Crippen molar-refractivity contribution in [3.8, 4) is 0 Å². The Labute approximate surface area is 194 Å². The summed E-state index contributed by atoms with van der Waals surface area (Å²) in [5.74, 6) is 0.352. The molecule has 1 saturated heterocycles. The van der Waals surface area contributed by atoms with Gasteiger partial charge >= 0.3 is 6.09 Å². The lowest BCUT2D eigenvalue weighted by Crippen LogP contribution is -2.57. The standard InChI is InChI=1S/C25H30ClN3O3/c26-21-11-6-12-22(17-21)27-24(30)23(20-9-4-5-10-20)28-13-15-29(16-14-28)25(31)32-18-19-7-2-1-3-8-19/h1-3,6-8,11-12,17,20,23H,4-5,9-10,13-16,18H2,(H,27,30). The molecule has 1 heterocycles. The van der Waals surface area contributed by atoms with E-state index in [4.69, 9.17) is 16.3 Å². The van der Waals surface area contributed by atoms with E-state index in [0.717, 1.165) is 31.2 Å². The SMILES string of the molecule is O=C(Nc1cccc(Cl)c1)C(C1CCCC1)N1CCN(C(=O)OCc2ccccc2)CC1. The average Bonchev–Trinajstić information content (AvgIpc) is 3.33. The van der Waals surface area contributed by atoms with Gasteiger partial charge < -0.3 is 15.0 Å². The van der Waals surface area contributed by atoms with E-state index in [1.807, 2.05) is 42.5 Å². The Morgan fingerprint density at radius 1 is 1.00 bits per heavy atom. The Kier molecular flexibility index (Phi) is 7.66. The van der Waals surface area contributed by atoms with E-state index in [2.05, 4.69) is 10.2 Å². The third kappa shape index (κ3) is 5.81. The smallest absolute Gasteiger partial charge is 0.410 e. The van der Waals surface area contributed by atoms with Crippen LogP contribution in [0.1, 0.15) is 31.2 Å². The van der Waals surface area contributed by atoms with Gasteiger partial charge in [-0.1, -0.05) is 60.8 Å². The number of benzene rings is 2. The largest absolute Gasteiger partial charge is 0.445 e. The second kappa shape index (κ2) is 10.8. The highest BCUT2D eigenvalue weighted by molar-refractivity contribution is 6.30. The normalized spacial score (nSPS) is 18.3. The van der Waals surface area contributed by atoms with Crippen LogP contribution < -0.4 is 5.32 Å². The van der Waals surface area contributed by atoms with Crippen LogP contribution in [0.5, 0.6) is 0 Å². The number of rotatable bonds is 6. The second-order valence-electron chi connectivity index (χ2n) is 8.55. The maximum atomic E-state index is 13.3. The minimum atomic E-state index is -0.297. The number of nitrogens with one attached hydrogen (secondary N) is 1. The van der Waals surface area contributed by atoms with Crippen molar-refractivity contribution in [1.29, 1.82) is 0 Å². The van der Waals surface area contributed by atoms with Crippen molar-refractivity contribution in [2.24, 2.45) is 5.92 Å². The quantitative estimate of drug-likeness (QED) is 0.680. The maximum Gasteiger partial charge on any atom is 0.410 e. The van der Waals surface area contributed by atoms with Gasteiger partial charge in [0.05, 0.1) is 6.04 Å². The van der Waals surface area contributed by atoms with Gasteiger partial charge in [0.1, 0.15) is 6.61 Å². The number of carbonyl (C=O) groups is 2. The van der Waals surface area contributed by atoms with Crippen LogP contribution >= 0.6 is 11.6 Å². The number of ether oxygens (including phenoxy) is 1. The van der Waals surface area contributed by atoms with Crippen molar-refractivity contribution in [3.63, 3.8) is 0 Å². The summed E-state index contributed by atoms with van der Waals surface area (Å²) in [5, 5.41) is 3.66. The van der Waals surface area contributed by atoms with Gasteiger partial charge in [-0.05, 0) is 42.5 Å². The van der Waals surface area contributed by atoms with Gasteiger partial charge in [-0.2, -0.15) is 0 Å². The summed E-state index contributed by atoms with van der Waals surface area (Å²) in [6, 6.07) is 16.7. The molecule has 1 aliphatic carbocycles. The monoisotopic (exact) mass is 455 g/mol. The van der Waals surface area contributed by atoms with Crippen molar-refractivity contribution >= 4 is 29.3 Å². The highest BCUT2D eigenvalue weighted by Crippen LogP contribution is 2.32. The van der Waals surface area contributed by atoms with Gasteiger partial charge in [-0.3, -0.25) is 9.69 Å². The number of amides is 2. The van der Waals surface area contributed by atoms with Crippen molar-refractivity contribution in [1.82, 2.24) is 9.80 Å². The lowest BCUT2D eigenvalue weighted by molar-refractivity contribution is -0.124. The molecular weight excluding hydrogens is 426 g/mol. The Balaban J connectivity index is 1.35. The van der Waals surface area contributed by atoms with Crippen molar-refractivity contribution in [3.05, 3.63) is 65.2 Å². The molecule has 6 nitrogen and oxygen atoms in total. The molecular formula is C25H30ClN3O3. The summed E-state index contributed by atoms with van der Waals surface area (Å²) < 4.78 is 5.48. The van der Waals surface area contributed by atoms with Crippen molar-refractivity contribution in [2.45, 2.75) is 38.3 Å². The molecule has 2 amide bonds. The Morgan fingerprint density at radius 2 is 1.72 bits per heavy atom. The van der Waals surface area contributed by atoms with Crippen LogP contribution in [0.3, 0.4) is 0 Å². The Hall–Kier alpha value is -2.57. The zero-order valence-electron chi connectivity index (χ0n) is 18.2. The summed E-state index contributed by atoms with van der Waals surface area (Å²) in [6.07, 6.45) is 4.16. The van der Waals surface area contributed by atoms with E-state index in [1.54, 1.807) is 17.0 Å². The van der Waals surface area contributed by atoms with Crippen LogP contribution in [0.2, 0.25) is 5.02 Å². The first-order valence-electron chi connectivity index (χ1n) is 11.4. The van der Waals surface area contributed by atoms with Gasteiger partial charge in [-0.25, -0.2) is 4.79 Å². The van der Waals surface area contributed by atoms with E-state index in [9.17, 15) is 9.59 Å². The van der Waals surface area contributed by atoms with Crippen LogP contribution in [0.25, 0.3) is 0 Å². The number of piperazine rings is 1. The number of hydrogen-bond donors (Lipinski definition) is 1. The summed E-state index contributed by atoms with van der Waals surface area (Å²) >= 11 is 6.08. The van der Waals surface area contributed by atoms with E-state index >= 15 is 0 Å². The number of carbonyl (C=O) groups excluding carboxylic acids is 2. The molecule has 170 valence electrons. The minimum absolute atomic E-state index is 0.0132. The fraction of sp³-hybridized carbons (Fsp3) is 0.440. The molecule has 2 aliphatic rings. The van der Waals surface area contributed by atoms with Crippen molar-refractivity contribution in [2.75, 3.05) is 31.5 Å². The Bertz CT molecular complexity index is 910. The second-order valence-corrected chi connectivity index (χ2v) is 8.99. The van der Waals surface area contributed by atoms with E-state index in [0.29, 0.717) is 42.8 Å². The zero-order chi connectivity index (χ0) is 22.3. The number of nitrogens with zero attached hydrogens (tertiary/aromatic N) is 2. The molecule has 1 saturated carbocycles. The number of hydrogen-bond acceptors (Lipinski definition) is 4. The van der Waals surface area contributed by atoms with Crippen LogP contribution in [-0.2, 0) is 16.1 Å². The number of anilines is 1. The molecule has 2 aromatic carbocycles. The van der Waals surface area contributed by atoms with Crippen LogP contribution in [0, 0.1) is 5.92 Å². The molecule has 2 aromatic rings. The zero-order valence-corrected chi connectivity index (χ0v) is 19.0. The molecule has 32 heavy (non-hydrogen) atoms. The van der Waals surface area contributed by atoms with E-state index in [1.165, 1.54) is 0 Å². The third-order valence-corrected chi connectivity index (χ3v) is 6.61. The van der Waals surface area contributed by atoms with Crippen LogP contribution in [-0.4, -0.2) is 54.0 Å². The third-order valence-electron chi connectivity index (χ3n) is 6.38.